The van der Waals surface area contributed by atoms with E-state index in [1.807, 2.05) is 36.4 Å². The standard InChI is InChI=1S/2C10H8O3/c2*11-9(10(12)13)7-6-8-4-2-1-3-5-8/h2*1-7H,(H,12,13). The molecule has 2 N–H and O–H groups in total. The second-order valence-electron chi connectivity index (χ2n) is 4.83. The van der Waals surface area contributed by atoms with Crippen molar-refractivity contribution in [1.29, 1.82) is 0 Å². The zero-order valence-electron chi connectivity index (χ0n) is 13.6. The van der Waals surface area contributed by atoms with Gasteiger partial charge in [0.25, 0.3) is 11.6 Å². The topological polar surface area (TPSA) is 109 Å². The molecule has 0 heterocycles. The molecule has 0 atom stereocenters. The minimum absolute atomic E-state index is 0.803. The molecule has 2 aromatic rings. The fraction of sp³-hybridized carbons (Fsp3) is 0. The molecule has 0 saturated carbocycles. The van der Waals surface area contributed by atoms with Crippen molar-refractivity contribution in [2.24, 2.45) is 0 Å². The number of carbonyl (C=O) groups is 4. The van der Waals surface area contributed by atoms with Crippen molar-refractivity contribution in [3.63, 3.8) is 0 Å². The van der Waals surface area contributed by atoms with Crippen LogP contribution >= 0.6 is 0 Å². The molecule has 0 aromatic heterocycles. The molecule has 0 aliphatic heterocycles. The molecule has 0 unspecified atom stereocenters. The number of carboxylic acid groups (broad SMARTS) is 2. The minimum Gasteiger partial charge on any atom is -0.475 e. The lowest BCUT2D eigenvalue weighted by molar-refractivity contribution is -0.146. The van der Waals surface area contributed by atoms with Crippen LogP contribution in [0.5, 0.6) is 0 Å². The molecule has 0 aliphatic rings. The Hall–Kier alpha value is -3.80. The van der Waals surface area contributed by atoms with E-state index in [9.17, 15) is 19.2 Å². The van der Waals surface area contributed by atoms with E-state index in [4.69, 9.17) is 10.2 Å². The highest BCUT2D eigenvalue weighted by Crippen LogP contribution is 2.01. The Morgan fingerprint density at radius 2 is 0.885 bits per heavy atom. The van der Waals surface area contributed by atoms with E-state index >= 15 is 0 Å². The summed E-state index contributed by atoms with van der Waals surface area (Å²) in [4.78, 5) is 41.5. The number of aliphatic carboxylic acids is 2. The van der Waals surface area contributed by atoms with Gasteiger partial charge < -0.3 is 10.2 Å². The predicted octanol–water partition coefficient (Wildman–Crippen LogP) is 2.71. The Labute approximate surface area is 149 Å². The molecule has 0 radical (unpaired) electrons. The van der Waals surface area contributed by atoms with Gasteiger partial charge in [0, 0.05) is 0 Å². The molecule has 0 fully saturated rings. The molecule has 0 spiro atoms. The van der Waals surface area contributed by atoms with Crippen LogP contribution in [0.3, 0.4) is 0 Å². The number of benzene rings is 2. The van der Waals surface area contributed by atoms with Gasteiger partial charge in [-0.2, -0.15) is 0 Å². The van der Waals surface area contributed by atoms with Crippen LogP contribution in [-0.2, 0) is 19.2 Å². The van der Waals surface area contributed by atoms with E-state index in [1.54, 1.807) is 24.3 Å². The van der Waals surface area contributed by atoms with Gasteiger partial charge in [0.15, 0.2) is 0 Å². The molecule has 2 rings (SSSR count). The highest BCUT2D eigenvalue weighted by molar-refractivity contribution is 6.38. The molecule has 132 valence electrons. The largest absolute Gasteiger partial charge is 0.475 e. The second-order valence-corrected chi connectivity index (χ2v) is 4.83. The number of hydrogen-bond acceptors (Lipinski definition) is 4. The highest BCUT2D eigenvalue weighted by atomic mass is 16.4. The van der Waals surface area contributed by atoms with Crippen LogP contribution in [0.25, 0.3) is 12.2 Å². The Morgan fingerprint density at radius 1 is 0.577 bits per heavy atom. The van der Waals surface area contributed by atoms with Crippen LogP contribution in [0, 0.1) is 0 Å². The summed E-state index contributed by atoms with van der Waals surface area (Å²) < 4.78 is 0. The summed E-state index contributed by atoms with van der Waals surface area (Å²) in [5.41, 5.74) is 1.61. The minimum atomic E-state index is -1.44. The van der Waals surface area contributed by atoms with Crippen molar-refractivity contribution in [2.75, 3.05) is 0 Å². The second kappa shape index (κ2) is 10.9. The first-order chi connectivity index (χ1) is 12.4. The Bertz CT molecular complexity index is 748. The number of rotatable bonds is 6. The molecular formula is C20H16O6. The van der Waals surface area contributed by atoms with Crippen molar-refractivity contribution in [3.8, 4) is 0 Å². The van der Waals surface area contributed by atoms with E-state index in [1.165, 1.54) is 12.2 Å². The van der Waals surface area contributed by atoms with Crippen LogP contribution < -0.4 is 0 Å². The molecule has 6 nitrogen and oxygen atoms in total. The maximum absolute atomic E-state index is 10.6. The van der Waals surface area contributed by atoms with Crippen molar-refractivity contribution in [3.05, 3.63) is 83.9 Å². The summed E-state index contributed by atoms with van der Waals surface area (Å²) >= 11 is 0. The van der Waals surface area contributed by atoms with Crippen molar-refractivity contribution >= 4 is 35.7 Å². The summed E-state index contributed by atoms with van der Waals surface area (Å²) in [6.07, 6.45) is 5.02. The number of carbonyl (C=O) groups excluding carboxylic acids is 2. The van der Waals surface area contributed by atoms with Crippen LogP contribution in [0.1, 0.15) is 11.1 Å². The smallest absolute Gasteiger partial charge is 0.376 e. The van der Waals surface area contributed by atoms with Gasteiger partial charge >= 0.3 is 11.9 Å². The first-order valence-electron chi connectivity index (χ1n) is 7.41. The van der Waals surface area contributed by atoms with Gasteiger partial charge in [0.1, 0.15) is 0 Å². The van der Waals surface area contributed by atoms with Gasteiger partial charge in [0.05, 0.1) is 0 Å². The maximum atomic E-state index is 10.6. The molecule has 0 bridgehead atoms. The Morgan fingerprint density at radius 3 is 1.15 bits per heavy atom. The van der Waals surface area contributed by atoms with E-state index < -0.39 is 23.5 Å². The van der Waals surface area contributed by atoms with Crippen LogP contribution in [0.15, 0.2) is 72.8 Å². The van der Waals surface area contributed by atoms with Gasteiger partial charge in [-0.3, -0.25) is 9.59 Å². The normalized spacial score (nSPS) is 10.2. The van der Waals surface area contributed by atoms with Gasteiger partial charge in [-0.05, 0) is 23.3 Å². The van der Waals surface area contributed by atoms with E-state index in [0.717, 1.165) is 23.3 Å². The summed E-state index contributed by atoms with van der Waals surface area (Å²) in [5, 5.41) is 16.5. The third kappa shape index (κ3) is 8.16. The van der Waals surface area contributed by atoms with Gasteiger partial charge in [-0.25, -0.2) is 9.59 Å². The fourth-order valence-corrected chi connectivity index (χ4v) is 1.61. The number of ketones is 2. The molecule has 2 aromatic carbocycles. The third-order valence-electron chi connectivity index (χ3n) is 2.88. The van der Waals surface area contributed by atoms with Crippen molar-refractivity contribution < 1.29 is 29.4 Å². The summed E-state index contributed by atoms with van der Waals surface area (Å²) in [6, 6.07) is 18.1. The Balaban J connectivity index is 0.000000260. The molecule has 0 amide bonds. The molecule has 0 saturated heterocycles. The predicted molar refractivity (Wildman–Crippen MR) is 96.2 cm³/mol. The average molecular weight is 352 g/mol. The van der Waals surface area contributed by atoms with Gasteiger partial charge in [-0.15, -0.1) is 0 Å². The molecule has 0 aliphatic carbocycles. The molecule has 26 heavy (non-hydrogen) atoms. The average Bonchev–Trinajstić information content (AvgIpc) is 2.66. The monoisotopic (exact) mass is 352 g/mol. The lowest BCUT2D eigenvalue weighted by Crippen LogP contribution is -2.08. The number of hydrogen-bond donors (Lipinski definition) is 2. The van der Waals surface area contributed by atoms with Crippen molar-refractivity contribution in [2.45, 2.75) is 0 Å². The van der Waals surface area contributed by atoms with Gasteiger partial charge in [-0.1, -0.05) is 72.8 Å². The first kappa shape index (κ1) is 20.2. The van der Waals surface area contributed by atoms with E-state index in [0.29, 0.717) is 0 Å². The Kier molecular flexibility index (Phi) is 8.47. The van der Waals surface area contributed by atoms with Crippen LogP contribution in [0.2, 0.25) is 0 Å². The molecule has 6 heteroatoms. The van der Waals surface area contributed by atoms with Gasteiger partial charge in [0.2, 0.25) is 0 Å². The molecular weight excluding hydrogens is 336 g/mol. The SMILES string of the molecule is O=C(O)C(=O)C=Cc1ccccc1.O=C(O)C(=O)C=Cc1ccccc1. The summed E-state index contributed by atoms with van der Waals surface area (Å²) in [7, 11) is 0. The van der Waals surface area contributed by atoms with Crippen LogP contribution in [-0.4, -0.2) is 33.7 Å². The number of carboxylic acids is 2. The van der Waals surface area contributed by atoms with E-state index in [-0.39, 0.29) is 0 Å². The maximum Gasteiger partial charge on any atom is 0.376 e. The van der Waals surface area contributed by atoms with Crippen LogP contribution in [0.4, 0.5) is 0 Å². The summed E-state index contributed by atoms with van der Waals surface area (Å²) in [5.74, 6) is -4.70. The quantitative estimate of drug-likeness (QED) is 0.611. The zero-order chi connectivity index (χ0) is 19.4. The fourth-order valence-electron chi connectivity index (χ4n) is 1.61. The van der Waals surface area contributed by atoms with Crippen molar-refractivity contribution in [1.82, 2.24) is 0 Å². The lowest BCUT2D eigenvalue weighted by atomic mass is 10.2. The summed E-state index contributed by atoms with van der Waals surface area (Å²) in [6.45, 7) is 0. The van der Waals surface area contributed by atoms with E-state index in [2.05, 4.69) is 0 Å². The highest BCUT2D eigenvalue weighted by Gasteiger charge is 2.05. The lowest BCUT2D eigenvalue weighted by Gasteiger charge is -1.89. The third-order valence-corrected chi connectivity index (χ3v) is 2.88. The first-order valence-corrected chi connectivity index (χ1v) is 7.41. The zero-order valence-corrected chi connectivity index (χ0v) is 13.6.